The number of thioether (sulfide) groups is 1. The third kappa shape index (κ3) is 1.71. The molecule has 1 aromatic carbocycles. The van der Waals surface area contributed by atoms with Gasteiger partial charge in [0.1, 0.15) is 0 Å². The molecule has 0 spiro atoms. The van der Waals surface area contributed by atoms with Crippen LogP contribution in [0.2, 0.25) is 0 Å². The number of hydrogen-bond acceptors (Lipinski definition) is 1. The van der Waals surface area contributed by atoms with E-state index in [1.54, 1.807) is 0 Å². The zero-order valence-corrected chi connectivity index (χ0v) is 10.7. The molecule has 1 heterocycles. The van der Waals surface area contributed by atoms with E-state index in [2.05, 4.69) is 58.1 Å². The first-order chi connectivity index (χ1) is 6.72. The molecule has 2 aromatic rings. The molecule has 0 N–H and O–H groups in total. The first-order valence-electron chi connectivity index (χ1n) is 4.45. The molecule has 0 aliphatic rings. The van der Waals surface area contributed by atoms with Crippen LogP contribution in [0.4, 0.5) is 0 Å². The number of hydrogen-bond donors (Lipinski definition) is 0. The van der Waals surface area contributed by atoms with Gasteiger partial charge in [-0.1, -0.05) is 22.0 Å². The number of aromatic nitrogens is 1. The summed E-state index contributed by atoms with van der Waals surface area (Å²) < 4.78 is 3.40. The predicted molar refractivity (Wildman–Crippen MR) is 67.8 cm³/mol. The molecule has 3 heteroatoms. The van der Waals surface area contributed by atoms with Crippen LogP contribution >= 0.6 is 27.7 Å². The fourth-order valence-electron chi connectivity index (χ4n) is 1.65. The number of fused-ring (bicyclic) bond motifs is 1. The van der Waals surface area contributed by atoms with E-state index in [0.29, 0.717) is 0 Å². The van der Waals surface area contributed by atoms with Crippen LogP contribution in [-0.2, 0) is 12.8 Å². The van der Waals surface area contributed by atoms with Gasteiger partial charge in [0.15, 0.2) is 0 Å². The normalized spacial score (nSPS) is 11.1. The zero-order valence-electron chi connectivity index (χ0n) is 8.25. The number of nitrogens with zero attached hydrogens (tertiary/aromatic N) is 1. The van der Waals surface area contributed by atoms with Crippen LogP contribution in [0, 0.1) is 0 Å². The van der Waals surface area contributed by atoms with Gasteiger partial charge in [-0.25, -0.2) is 0 Å². The minimum Gasteiger partial charge on any atom is -0.347 e. The second-order valence-electron chi connectivity index (χ2n) is 3.33. The summed E-state index contributed by atoms with van der Waals surface area (Å²) in [5.41, 5.74) is 2.68. The van der Waals surface area contributed by atoms with Crippen LogP contribution in [0.25, 0.3) is 10.9 Å². The Morgan fingerprint density at radius 1 is 1.36 bits per heavy atom. The van der Waals surface area contributed by atoms with Crippen molar-refractivity contribution < 1.29 is 0 Å². The second kappa shape index (κ2) is 3.99. The molecule has 0 amide bonds. The van der Waals surface area contributed by atoms with E-state index in [0.717, 1.165) is 10.2 Å². The van der Waals surface area contributed by atoms with Crippen molar-refractivity contribution in [1.29, 1.82) is 0 Å². The Bertz CT molecular complexity index is 462. The van der Waals surface area contributed by atoms with Crippen molar-refractivity contribution in [3.05, 3.63) is 34.4 Å². The molecule has 0 saturated carbocycles. The standard InChI is InChI=1S/C11H12BrNS/c1-13-10(7-14-2)5-8-3-4-9(12)6-11(8)13/h3-6H,7H2,1-2H3. The smallest absolute Gasteiger partial charge is 0.0491 e. The molecular weight excluding hydrogens is 258 g/mol. The topological polar surface area (TPSA) is 4.93 Å². The van der Waals surface area contributed by atoms with Crippen molar-refractivity contribution >= 4 is 38.6 Å². The predicted octanol–water partition coefficient (Wildman–Crippen LogP) is 3.80. The molecular formula is C11H12BrNS. The molecule has 2 rings (SSSR count). The Morgan fingerprint density at radius 2 is 2.14 bits per heavy atom. The highest BCUT2D eigenvalue weighted by atomic mass is 79.9. The highest BCUT2D eigenvalue weighted by Gasteiger charge is 2.04. The van der Waals surface area contributed by atoms with Crippen molar-refractivity contribution in [2.75, 3.05) is 6.26 Å². The van der Waals surface area contributed by atoms with E-state index in [-0.39, 0.29) is 0 Å². The summed E-state index contributed by atoms with van der Waals surface area (Å²) in [6.07, 6.45) is 2.13. The number of aryl methyl sites for hydroxylation is 1. The van der Waals surface area contributed by atoms with Gasteiger partial charge in [-0.2, -0.15) is 11.8 Å². The summed E-state index contributed by atoms with van der Waals surface area (Å²) in [7, 11) is 2.13. The Hall–Kier alpha value is -0.410. The summed E-state index contributed by atoms with van der Waals surface area (Å²) in [5, 5.41) is 1.32. The molecule has 1 aromatic heterocycles. The van der Waals surface area contributed by atoms with Crippen molar-refractivity contribution in [2.45, 2.75) is 5.75 Å². The maximum atomic E-state index is 3.50. The number of rotatable bonds is 2. The van der Waals surface area contributed by atoms with E-state index < -0.39 is 0 Å². The lowest BCUT2D eigenvalue weighted by Crippen LogP contribution is -1.93. The molecule has 14 heavy (non-hydrogen) atoms. The van der Waals surface area contributed by atoms with Crippen LogP contribution in [0.3, 0.4) is 0 Å². The lowest BCUT2D eigenvalue weighted by molar-refractivity contribution is 0.910. The van der Waals surface area contributed by atoms with Gasteiger partial charge in [0.05, 0.1) is 0 Å². The van der Waals surface area contributed by atoms with E-state index in [1.807, 2.05) is 11.8 Å². The van der Waals surface area contributed by atoms with Crippen molar-refractivity contribution in [2.24, 2.45) is 7.05 Å². The van der Waals surface area contributed by atoms with Gasteiger partial charge >= 0.3 is 0 Å². The van der Waals surface area contributed by atoms with Crippen LogP contribution < -0.4 is 0 Å². The maximum absolute atomic E-state index is 3.50. The van der Waals surface area contributed by atoms with Gasteiger partial charge < -0.3 is 4.57 Å². The largest absolute Gasteiger partial charge is 0.347 e. The van der Waals surface area contributed by atoms with Crippen molar-refractivity contribution in [3.63, 3.8) is 0 Å². The van der Waals surface area contributed by atoms with Crippen molar-refractivity contribution in [3.8, 4) is 0 Å². The van der Waals surface area contributed by atoms with E-state index in [1.165, 1.54) is 16.6 Å². The molecule has 0 unspecified atom stereocenters. The lowest BCUT2D eigenvalue weighted by atomic mass is 10.2. The minimum absolute atomic E-state index is 1.07. The average Bonchev–Trinajstić information content (AvgIpc) is 2.46. The fourth-order valence-corrected chi connectivity index (χ4v) is 2.57. The lowest BCUT2D eigenvalue weighted by Gasteiger charge is -2.01. The first-order valence-corrected chi connectivity index (χ1v) is 6.64. The summed E-state index contributed by atoms with van der Waals surface area (Å²) in [4.78, 5) is 0. The maximum Gasteiger partial charge on any atom is 0.0491 e. The average molecular weight is 270 g/mol. The second-order valence-corrected chi connectivity index (χ2v) is 5.11. The molecule has 0 atom stereocenters. The summed E-state index contributed by atoms with van der Waals surface area (Å²) in [6.45, 7) is 0. The molecule has 0 bridgehead atoms. The first kappa shape index (κ1) is 10.1. The highest BCUT2D eigenvalue weighted by molar-refractivity contribution is 9.10. The van der Waals surface area contributed by atoms with Gasteiger partial charge in [-0.3, -0.25) is 0 Å². The van der Waals surface area contributed by atoms with E-state index >= 15 is 0 Å². The van der Waals surface area contributed by atoms with Gasteiger partial charge in [0, 0.05) is 28.5 Å². The van der Waals surface area contributed by atoms with Crippen LogP contribution in [-0.4, -0.2) is 10.8 Å². The number of halogens is 1. The summed E-state index contributed by atoms with van der Waals surface area (Å²) in [5.74, 6) is 1.07. The van der Waals surface area contributed by atoms with Crippen LogP contribution in [0.15, 0.2) is 28.7 Å². The Balaban J connectivity index is 2.62. The fraction of sp³-hybridized carbons (Fsp3) is 0.273. The minimum atomic E-state index is 1.07. The van der Waals surface area contributed by atoms with Crippen LogP contribution in [0.5, 0.6) is 0 Å². The Labute approximate surface area is 96.6 Å². The SMILES string of the molecule is CSCc1cc2ccc(Br)cc2n1C. The molecule has 0 saturated heterocycles. The number of benzene rings is 1. The van der Waals surface area contributed by atoms with Gasteiger partial charge in [-0.15, -0.1) is 0 Å². The molecule has 0 radical (unpaired) electrons. The molecule has 0 fully saturated rings. The highest BCUT2D eigenvalue weighted by Crippen LogP contribution is 2.24. The molecule has 1 nitrogen and oxygen atoms in total. The molecule has 0 aliphatic carbocycles. The van der Waals surface area contributed by atoms with E-state index in [9.17, 15) is 0 Å². The molecule has 0 aliphatic heterocycles. The van der Waals surface area contributed by atoms with E-state index in [4.69, 9.17) is 0 Å². The molecule has 74 valence electrons. The van der Waals surface area contributed by atoms with Crippen molar-refractivity contribution in [1.82, 2.24) is 4.57 Å². The Kier molecular flexibility index (Phi) is 2.88. The quantitative estimate of drug-likeness (QED) is 0.803. The monoisotopic (exact) mass is 269 g/mol. The zero-order chi connectivity index (χ0) is 10.1. The van der Waals surface area contributed by atoms with Crippen LogP contribution in [0.1, 0.15) is 5.69 Å². The van der Waals surface area contributed by atoms with Gasteiger partial charge in [0.2, 0.25) is 0 Å². The summed E-state index contributed by atoms with van der Waals surface area (Å²) >= 11 is 5.35. The van der Waals surface area contributed by atoms with Gasteiger partial charge in [0.25, 0.3) is 0 Å². The van der Waals surface area contributed by atoms with Gasteiger partial charge in [-0.05, 0) is 29.8 Å². The summed E-state index contributed by atoms with van der Waals surface area (Å²) in [6, 6.07) is 8.67. The third-order valence-electron chi connectivity index (χ3n) is 2.40. The Morgan fingerprint density at radius 3 is 2.86 bits per heavy atom. The third-order valence-corrected chi connectivity index (χ3v) is 3.48.